The minimum atomic E-state index is 0.228. The summed E-state index contributed by atoms with van der Waals surface area (Å²) in [6.45, 7) is 9.36. The molecule has 0 aliphatic heterocycles. The zero-order valence-corrected chi connectivity index (χ0v) is 11.9. The van der Waals surface area contributed by atoms with E-state index in [0.29, 0.717) is 6.42 Å². The average molecular weight is 247 g/mol. The molecule has 18 heavy (non-hydrogen) atoms. The van der Waals surface area contributed by atoms with Crippen LogP contribution in [0, 0.1) is 0 Å². The van der Waals surface area contributed by atoms with Gasteiger partial charge in [0.2, 0.25) is 0 Å². The summed E-state index contributed by atoms with van der Waals surface area (Å²) in [5.41, 5.74) is 2.45. The molecule has 0 N–H and O–H groups in total. The second kappa shape index (κ2) is 8.04. The lowest BCUT2D eigenvalue weighted by molar-refractivity contribution is -0.116. The van der Waals surface area contributed by atoms with Crippen LogP contribution in [0.4, 0.5) is 0 Å². The van der Waals surface area contributed by atoms with E-state index in [0.717, 1.165) is 25.2 Å². The molecule has 0 aliphatic rings. The molecule has 0 atom stereocenters. The van der Waals surface area contributed by atoms with E-state index in [-0.39, 0.29) is 5.78 Å². The van der Waals surface area contributed by atoms with Gasteiger partial charge in [-0.05, 0) is 44.0 Å². The van der Waals surface area contributed by atoms with Crippen molar-refractivity contribution in [3.8, 4) is 0 Å². The highest BCUT2D eigenvalue weighted by Crippen LogP contribution is 2.10. The summed E-state index contributed by atoms with van der Waals surface area (Å²) in [4.78, 5) is 13.6. The Morgan fingerprint density at radius 2 is 1.72 bits per heavy atom. The normalized spacial score (nSPS) is 10.9. The quantitative estimate of drug-likeness (QED) is 0.701. The van der Waals surface area contributed by atoms with Gasteiger partial charge < -0.3 is 0 Å². The molecular formula is C16H25NO. The van der Waals surface area contributed by atoms with Crippen LogP contribution in [0.15, 0.2) is 24.3 Å². The Labute approximate surface area is 111 Å². The first-order valence-electron chi connectivity index (χ1n) is 6.95. The molecule has 0 saturated heterocycles. The lowest BCUT2D eigenvalue weighted by Crippen LogP contribution is -2.24. The largest absolute Gasteiger partial charge is 0.300 e. The van der Waals surface area contributed by atoms with E-state index in [1.807, 2.05) is 6.07 Å². The highest BCUT2D eigenvalue weighted by atomic mass is 16.1. The van der Waals surface area contributed by atoms with Crippen LogP contribution in [-0.2, 0) is 17.8 Å². The van der Waals surface area contributed by atoms with Crippen molar-refractivity contribution < 1.29 is 4.79 Å². The third-order valence-electron chi connectivity index (χ3n) is 2.93. The first-order chi connectivity index (χ1) is 8.65. The predicted octanol–water partition coefficient (Wildman–Crippen LogP) is 3.44. The minimum Gasteiger partial charge on any atom is -0.300 e. The Hall–Kier alpha value is -1.15. The van der Waals surface area contributed by atoms with E-state index >= 15 is 0 Å². The summed E-state index contributed by atoms with van der Waals surface area (Å²) < 4.78 is 0. The van der Waals surface area contributed by atoms with Gasteiger partial charge in [-0.25, -0.2) is 0 Å². The van der Waals surface area contributed by atoms with E-state index in [1.54, 1.807) is 6.92 Å². The van der Waals surface area contributed by atoms with Gasteiger partial charge in [0.05, 0.1) is 0 Å². The topological polar surface area (TPSA) is 20.3 Å². The van der Waals surface area contributed by atoms with Gasteiger partial charge in [0.1, 0.15) is 5.78 Å². The summed E-state index contributed by atoms with van der Waals surface area (Å²) >= 11 is 0. The van der Waals surface area contributed by atoms with Crippen LogP contribution >= 0.6 is 0 Å². The van der Waals surface area contributed by atoms with Gasteiger partial charge in [0, 0.05) is 13.0 Å². The predicted molar refractivity (Wildman–Crippen MR) is 76.7 cm³/mol. The molecule has 0 fully saturated rings. The van der Waals surface area contributed by atoms with Gasteiger partial charge in [-0.15, -0.1) is 0 Å². The van der Waals surface area contributed by atoms with E-state index in [9.17, 15) is 4.79 Å². The number of nitrogens with zero attached hydrogens (tertiary/aromatic N) is 1. The number of ketones is 1. The number of carbonyl (C=O) groups excluding carboxylic acids is 1. The van der Waals surface area contributed by atoms with E-state index < -0.39 is 0 Å². The van der Waals surface area contributed by atoms with Crippen molar-refractivity contribution in [2.75, 3.05) is 13.1 Å². The molecule has 0 amide bonds. The van der Waals surface area contributed by atoms with Crippen LogP contribution in [0.1, 0.15) is 44.7 Å². The monoisotopic (exact) mass is 247 g/mol. The number of rotatable bonds is 8. The summed E-state index contributed by atoms with van der Waals surface area (Å²) in [6.07, 6.45) is 2.93. The molecule has 0 aliphatic carbocycles. The Balaban J connectivity index is 2.66. The maximum Gasteiger partial charge on any atom is 0.134 e. The Bertz CT molecular complexity index is 367. The molecule has 100 valence electrons. The third kappa shape index (κ3) is 5.46. The highest BCUT2D eigenvalue weighted by Gasteiger charge is 2.05. The van der Waals surface area contributed by atoms with Crippen molar-refractivity contribution in [2.45, 2.75) is 46.6 Å². The number of carbonyl (C=O) groups is 1. The van der Waals surface area contributed by atoms with Crippen molar-refractivity contribution in [1.82, 2.24) is 4.90 Å². The summed E-state index contributed by atoms with van der Waals surface area (Å²) in [6, 6.07) is 8.42. The van der Waals surface area contributed by atoms with Gasteiger partial charge in [0.25, 0.3) is 0 Å². The molecule has 0 radical (unpaired) electrons. The average Bonchev–Trinajstić information content (AvgIpc) is 2.29. The smallest absolute Gasteiger partial charge is 0.134 e. The van der Waals surface area contributed by atoms with E-state index in [1.165, 1.54) is 18.4 Å². The fourth-order valence-electron chi connectivity index (χ4n) is 2.29. The maximum absolute atomic E-state index is 11.1. The Morgan fingerprint density at radius 1 is 1.11 bits per heavy atom. The fraction of sp³-hybridized carbons (Fsp3) is 0.562. The second-order valence-electron chi connectivity index (χ2n) is 4.97. The first kappa shape index (κ1) is 14.9. The molecule has 1 aromatic rings. The van der Waals surface area contributed by atoms with Gasteiger partial charge in [-0.3, -0.25) is 9.69 Å². The van der Waals surface area contributed by atoms with Crippen LogP contribution in [0.5, 0.6) is 0 Å². The van der Waals surface area contributed by atoms with Crippen molar-refractivity contribution in [1.29, 1.82) is 0 Å². The summed E-state index contributed by atoms with van der Waals surface area (Å²) in [5.74, 6) is 0.228. The molecule has 2 heteroatoms. The minimum absolute atomic E-state index is 0.228. The van der Waals surface area contributed by atoms with Crippen LogP contribution in [0.2, 0.25) is 0 Å². The molecule has 0 heterocycles. The molecular weight excluding hydrogens is 222 g/mol. The van der Waals surface area contributed by atoms with Crippen molar-refractivity contribution in [3.05, 3.63) is 35.4 Å². The summed E-state index contributed by atoms with van der Waals surface area (Å²) in [5, 5.41) is 0. The number of hydrogen-bond acceptors (Lipinski definition) is 2. The molecule has 0 aromatic heterocycles. The van der Waals surface area contributed by atoms with Crippen LogP contribution in [-0.4, -0.2) is 23.8 Å². The first-order valence-corrected chi connectivity index (χ1v) is 6.95. The third-order valence-corrected chi connectivity index (χ3v) is 2.93. The van der Waals surface area contributed by atoms with Crippen LogP contribution in [0.3, 0.4) is 0 Å². The molecule has 1 aromatic carbocycles. The maximum atomic E-state index is 11.1. The lowest BCUT2D eigenvalue weighted by atomic mass is 10.1. The molecule has 0 bridgehead atoms. The Morgan fingerprint density at radius 3 is 2.28 bits per heavy atom. The standard InChI is InChI=1S/C16H25NO/c1-4-9-17(10-5-2)13-16-8-6-7-15(12-16)11-14(3)18/h6-8,12H,4-5,9-11,13H2,1-3H3. The molecule has 1 rings (SSSR count). The van der Waals surface area contributed by atoms with Crippen molar-refractivity contribution >= 4 is 5.78 Å². The second-order valence-corrected chi connectivity index (χ2v) is 4.97. The Kier molecular flexibility index (Phi) is 6.66. The zero-order chi connectivity index (χ0) is 13.4. The zero-order valence-electron chi connectivity index (χ0n) is 11.9. The molecule has 0 saturated carbocycles. The number of benzene rings is 1. The number of Topliss-reactive ketones (excluding diaryl/α,β-unsaturated/α-hetero) is 1. The van der Waals surface area contributed by atoms with Gasteiger partial charge >= 0.3 is 0 Å². The van der Waals surface area contributed by atoms with Crippen molar-refractivity contribution in [3.63, 3.8) is 0 Å². The number of hydrogen-bond donors (Lipinski definition) is 0. The summed E-state index contributed by atoms with van der Waals surface area (Å²) in [7, 11) is 0. The fourth-order valence-corrected chi connectivity index (χ4v) is 2.29. The van der Waals surface area contributed by atoms with Gasteiger partial charge in [0.15, 0.2) is 0 Å². The van der Waals surface area contributed by atoms with E-state index in [4.69, 9.17) is 0 Å². The van der Waals surface area contributed by atoms with Gasteiger partial charge in [-0.1, -0.05) is 38.1 Å². The SMILES string of the molecule is CCCN(CCC)Cc1cccc(CC(C)=O)c1. The van der Waals surface area contributed by atoms with E-state index in [2.05, 4.69) is 36.9 Å². The molecule has 0 unspecified atom stereocenters. The lowest BCUT2D eigenvalue weighted by Gasteiger charge is -2.21. The van der Waals surface area contributed by atoms with Crippen LogP contribution < -0.4 is 0 Å². The van der Waals surface area contributed by atoms with Crippen LogP contribution in [0.25, 0.3) is 0 Å². The molecule has 2 nitrogen and oxygen atoms in total. The highest BCUT2D eigenvalue weighted by molar-refractivity contribution is 5.78. The molecule has 0 spiro atoms. The van der Waals surface area contributed by atoms with Crippen molar-refractivity contribution in [2.24, 2.45) is 0 Å². The van der Waals surface area contributed by atoms with Gasteiger partial charge in [-0.2, -0.15) is 0 Å².